The number of nitrogens with one attached hydrogen (secondary N) is 2. The fraction of sp³-hybridized carbons (Fsp3) is 0.500. The second-order valence-corrected chi connectivity index (χ2v) is 18.2. The molecule has 3 aliphatic rings. The predicted octanol–water partition coefficient (Wildman–Crippen LogP) is 5.64. The summed E-state index contributed by atoms with van der Waals surface area (Å²) in [4.78, 5) is 74.2. The highest BCUT2D eigenvalue weighted by Crippen LogP contribution is 2.42. The number of phenols is 1. The highest BCUT2D eigenvalue weighted by atomic mass is 16.6. The Morgan fingerprint density at radius 3 is 2.56 bits per heavy atom. The van der Waals surface area contributed by atoms with Gasteiger partial charge in [-0.05, 0) is 97.7 Å². The summed E-state index contributed by atoms with van der Waals surface area (Å²) < 4.78 is 19.4. The summed E-state index contributed by atoms with van der Waals surface area (Å²) in [6, 6.07) is 12.3. The first-order valence-electron chi connectivity index (χ1n) is 22.0. The fourth-order valence-electron chi connectivity index (χ4n) is 9.31. The molecule has 2 fully saturated rings. The maximum Gasteiger partial charge on any atom is 0.324 e. The van der Waals surface area contributed by atoms with E-state index in [9.17, 15) is 29.1 Å². The number of carbonyl (C=O) groups is 5. The predicted molar refractivity (Wildman–Crippen MR) is 236 cm³/mol. The number of amides is 3. The van der Waals surface area contributed by atoms with Crippen LogP contribution in [0, 0.1) is 11.3 Å². The smallest absolute Gasteiger partial charge is 0.324 e. The van der Waals surface area contributed by atoms with Crippen LogP contribution in [-0.4, -0.2) is 106 Å². The molecule has 5 atom stereocenters. The number of methoxy groups -OCH3 is 1. The van der Waals surface area contributed by atoms with Gasteiger partial charge in [0.25, 0.3) is 11.8 Å². The van der Waals surface area contributed by atoms with Crippen molar-refractivity contribution in [2.75, 3.05) is 27.3 Å². The van der Waals surface area contributed by atoms with Crippen LogP contribution in [0.5, 0.6) is 5.75 Å². The maximum atomic E-state index is 14.6. The van der Waals surface area contributed by atoms with Crippen molar-refractivity contribution in [3.05, 3.63) is 71.5 Å². The number of cyclic esters (lactones) is 2. The van der Waals surface area contributed by atoms with Gasteiger partial charge in [-0.2, -0.15) is 0 Å². The monoisotopic (exact) mass is 864 g/mol. The van der Waals surface area contributed by atoms with Crippen LogP contribution < -0.4 is 10.7 Å². The number of aromatic hydroxyl groups is 1. The van der Waals surface area contributed by atoms with Crippen LogP contribution in [0.1, 0.15) is 90.2 Å². The average molecular weight is 865 g/mol. The van der Waals surface area contributed by atoms with Gasteiger partial charge >= 0.3 is 11.9 Å². The van der Waals surface area contributed by atoms with Crippen molar-refractivity contribution in [2.45, 2.75) is 117 Å². The summed E-state index contributed by atoms with van der Waals surface area (Å²) in [5.74, 6) is -2.94. The van der Waals surface area contributed by atoms with Crippen molar-refractivity contribution in [1.29, 1.82) is 0 Å². The maximum absolute atomic E-state index is 14.6. The Morgan fingerprint density at radius 1 is 1.08 bits per heavy atom. The van der Waals surface area contributed by atoms with Crippen LogP contribution in [-0.2, 0) is 57.6 Å². The topological polar surface area (TPSA) is 182 Å². The number of aryl methyl sites for hydroxylation is 1. The molecule has 7 rings (SSSR count). The lowest BCUT2D eigenvalue weighted by molar-refractivity contribution is -0.157. The number of hydrogen-bond donors (Lipinski definition) is 3. The van der Waals surface area contributed by atoms with E-state index in [0.717, 1.165) is 39.0 Å². The van der Waals surface area contributed by atoms with Crippen LogP contribution in [0.4, 0.5) is 0 Å². The van der Waals surface area contributed by atoms with E-state index in [1.165, 1.54) is 17.0 Å². The molecular formula is C48H60N6O9. The van der Waals surface area contributed by atoms with Crippen LogP contribution in [0.15, 0.2) is 54.7 Å². The van der Waals surface area contributed by atoms with Crippen molar-refractivity contribution in [3.63, 3.8) is 0 Å². The lowest BCUT2D eigenvalue weighted by Crippen LogP contribution is -2.62. The standard InChI is InChI=1S/C48H60N6O9/c1-9-53-38-15-14-30-24-34(38)35(43(53)33-12-10-18-49-41(33)28(4)61-8)25-48(5,6)26-62-47(60)36-13-11-19-54(51-36)45(58)37(22-29-20-31(30)23-32(55)21-29)50-44(57)42(27(2)3)52(7)46(59)39-16-17-40(56)63-39/h10,12,14-15,18,20-21,23-24,27-28,36-37,39,42,51,55H,9,11,13,16-17,19,22,25-26H2,1-8H3,(H,50,57)/t28-,36-,37-,39+,42?/m0/s1. The van der Waals surface area contributed by atoms with E-state index < -0.39 is 59.3 Å². The van der Waals surface area contributed by atoms with E-state index in [0.29, 0.717) is 36.9 Å². The molecule has 2 saturated heterocycles. The first-order valence-corrected chi connectivity index (χ1v) is 22.0. The van der Waals surface area contributed by atoms with Gasteiger partial charge in [0, 0.05) is 74.6 Å². The third kappa shape index (κ3) is 9.45. The average Bonchev–Trinajstić information content (AvgIpc) is 3.83. The zero-order chi connectivity index (χ0) is 45.3. The molecule has 4 aromatic rings. The van der Waals surface area contributed by atoms with E-state index >= 15 is 0 Å². The SMILES string of the molecule is CCn1c(-c2cccnc2[C@H](C)OC)c2c3cc(ccc31)-c1cc(O)cc(c1)C[C@H](NC(=O)C(C(C)C)N(C)C(=O)[C@H]1CCC(=O)O1)C(=O)N1CCC[C@H](N1)C(=O)OCC(C)(C)C2. The number of aromatic nitrogens is 2. The largest absolute Gasteiger partial charge is 0.508 e. The van der Waals surface area contributed by atoms with Crippen LogP contribution in [0.3, 0.4) is 0 Å². The number of phenolic OH excluding ortho intramolecular Hbond substituents is 1. The number of hydrogen-bond acceptors (Lipinski definition) is 11. The normalized spacial score (nSPS) is 21.4. The zero-order valence-electron chi connectivity index (χ0n) is 37.5. The number of ether oxygens (including phenoxy) is 3. The lowest BCUT2D eigenvalue weighted by Gasteiger charge is -2.37. The molecule has 15 heteroatoms. The molecule has 1 unspecified atom stereocenters. The number of carbonyl (C=O) groups excluding carboxylic acids is 5. The van der Waals surface area contributed by atoms with Gasteiger partial charge in [-0.3, -0.25) is 34.0 Å². The van der Waals surface area contributed by atoms with Gasteiger partial charge in [0.15, 0.2) is 6.10 Å². The van der Waals surface area contributed by atoms with Crippen molar-refractivity contribution < 1.29 is 43.3 Å². The van der Waals surface area contributed by atoms with E-state index in [2.05, 4.69) is 54.3 Å². The van der Waals surface area contributed by atoms with E-state index in [1.807, 2.05) is 25.1 Å². The molecule has 0 saturated carbocycles. The van der Waals surface area contributed by atoms with Crippen molar-refractivity contribution >= 4 is 40.6 Å². The Kier molecular flexibility index (Phi) is 13.3. The molecule has 0 aliphatic carbocycles. The van der Waals surface area contributed by atoms with Crippen LogP contribution >= 0.6 is 0 Å². The van der Waals surface area contributed by atoms with Gasteiger partial charge in [-0.15, -0.1) is 0 Å². The van der Waals surface area contributed by atoms with Gasteiger partial charge in [-0.25, -0.2) is 5.43 Å². The number of hydrazine groups is 1. The number of fused-ring (bicyclic) bond motifs is 6. The number of rotatable bonds is 9. The molecule has 5 heterocycles. The van der Waals surface area contributed by atoms with Gasteiger partial charge in [0.1, 0.15) is 23.9 Å². The molecule has 6 bridgehead atoms. The van der Waals surface area contributed by atoms with Crippen LogP contribution in [0.25, 0.3) is 33.3 Å². The van der Waals surface area contributed by atoms with Gasteiger partial charge in [0.2, 0.25) is 5.91 Å². The zero-order valence-corrected chi connectivity index (χ0v) is 37.5. The van der Waals surface area contributed by atoms with Gasteiger partial charge in [-0.1, -0.05) is 39.8 Å². The quantitative estimate of drug-likeness (QED) is 0.177. The summed E-state index contributed by atoms with van der Waals surface area (Å²) in [5.41, 5.74) is 9.45. The summed E-state index contributed by atoms with van der Waals surface area (Å²) in [5, 5.41) is 16.6. The highest BCUT2D eigenvalue weighted by molar-refractivity contribution is 5.96. The number of likely N-dealkylation sites (N-methyl/N-ethyl adjacent to an activating group) is 1. The summed E-state index contributed by atoms with van der Waals surface area (Å²) in [7, 11) is 3.16. The van der Waals surface area contributed by atoms with E-state index in [4.69, 9.17) is 19.2 Å². The minimum Gasteiger partial charge on any atom is -0.508 e. The van der Waals surface area contributed by atoms with Crippen molar-refractivity contribution in [1.82, 2.24) is 30.2 Å². The summed E-state index contributed by atoms with van der Waals surface area (Å²) in [6.07, 6.45) is 2.27. The third-order valence-corrected chi connectivity index (χ3v) is 12.5. The Bertz CT molecular complexity index is 2410. The minimum atomic E-state index is -1.18. The number of esters is 2. The van der Waals surface area contributed by atoms with Crippen molar-refractivity contribution in [2.24, 2.45) is 11.3 Å². The Balaban J connectivity index is 1.34. The molecule has 3 amide bonds. The summed E-state index contributed by atoms with van der Waals surface area (Å²) in [6.45, 7) is 12.8. The lowest BCUT2D eigenvalue weighted by atomic mass is 9.84. The molecule has 15 nitrogen and oxygen atoms in total. The highest BCUT2D eigenvalue weighted by Gasteiger charge is 2.40. The minimum absolute atomic E-state index is 0.0216. The number of benzene rings is 2. The molecule has 0 radical (unpaired) electrons. The second-order valence-electron chi connectivity index (χ2n) is 18.2. The molecule has 63 heavy (non-hydrogen) atoms. The van der Waals surface area contributed by atoms with E-state index in [-0.39, 0.29) is 50.2 Å². The molecule has 3 N–H and O–H groups in total. The Hall–Kier alpha value is -5.80. The molecule has 2 aromatic carbocycles. The molecule has 3 aliphatic heterocycles. The van der Waals surface area contributed by atoms with Crippen LogP contribution in [0.2, 0.25) is 0 Å². The molecule has 0 spiro atoms. The van der Waals surface area contributed by atoms with Gasteiger partial charge in [0.05, 0.1) is 24.1 Å². The molecule has 336 valence electrons. The third-order valence-electron chi connectivity index (χ3n) is 12.5. The van der Waals surface area contributed by atoms with Crippen molar-refractivity contribution in [3.8, 4) is 28.1 Å². The molecule has 2 aromatic heterocycles. The first-order chi connectivity index (χ1) is 30.0. The first kappa shape index (κ1) is 45.2. The number of pyridine rings is 1. The van der Waals surface area contributed by atoms with Gasteiger partial charge < -0.3 is 34.1 Å². The number of nitrogens with zero attached hydrogens (tertiary/aromatic N) is 4. The Labute approximate surface area is 368 Å². The second kappa shape index (κ2) is 18.5. The fourth-order valence-corrected chi connectivity index (χ4v) is 9.31. The molecular weight excluding hydrogens is 805 g/mol. The Morgan fingerprint density at radius 2 is 1.86 bits per heavy atom. The summed E-state index contributed by atoms with van der Waals surface area (Å²) >= 11 is 0. The van der Waals surface area contributed by atoms with E-state index in [1.54, 1.807) is 39.3 Å².